The van der Waals surface area contributed by atoms with Gasteiger partial charge in [-0.1, -0.05) is 36.4 Å². The highest BCUT2D eigenvalue weighted by Crippen LogP contribution is 2.10. The second kappa shape index (κ2) is 9.43. The third kappa shape index (κ3) is 5.92. The molecule has 25 heavy (non-hydrogen) atoms. The van der Waals surface area contributed by atoms with E-state index in [1.807, 2.05) is 24.3 Å². The third-order valence-corrected chi connectivity index (χ3v) is 3.94. The molecule has 0 spiro atoms. The molecule has 0 saturated carbocycles. The second-order valence-electron chi connectivity index (χ2n) is 5.91. The number of hydrogen-bond donors (Lipinski definition) is 2. The maximum atomic E-state index is 13.9. The van der Waals surface area contributed by atoms with Crippen molar-refractivity contribution < 1.29 is 4.39 Å². The van der Waals surface area contributed by atoms with Gasteiger partial charge in [0.2, 0.25) is 0 Å². The summed E-state index contributed by atoms with van der Waals surface area (Å²) in [6, 6.07) is 17.0. The van der Waals surface area contributed by atoms with Gasteiger partial charge in [0, 0.05) is 25.2 Å². The smallest absolute Gasteiger partial charge is 0.191 e. The van der Waals surface area contributed by atoms with Crippen LogP contribution in [0.2, 0.25) is 0 Å². The fourth-order valence-corrected chi connectivity index (χ4v) is 2.47. The lowest BCUT2D eigenvalue weighted by Gasteiger charge is -2.18. The summed E-state index contributed by atoms with van der Waals surface area (Å²) >= 11 is 0. The zero-order valence-corrected chi connectivity index (χ0v) is 14.6. The van der Waals surface area contributed by atoms with Gasteiger partial charge in [0.15, 0.2) is 5.96 Å². The first-order chi connectivity index (χ1) is 12.1. The van der Waals surface area contributed by atoms with Crippen LogP contribution in [0.4, 0.5) is 4.39 Å². The minimum absolute atomic E-state index is 0.234. The maximum Gasteiger partial charge on any atom is 0.191 e. The molecule has 0 fully saturated rings. The van der Waals surface area contributed by atoms with E-state index < -0.39 is 0 Å². The monoisotopic (exact) mass is 338 g/mol. The van der Waals surface area contributed by atoms with Crippen LogP contribution in [0.3, 0.4) is 0 Å². The molecule has 130 valence electrons. The van der Waals surface area contributed by atoms with Gasteiger partial charge < -0.3 is 10.6 Å². The van der Waals surface area contributed by atoms with Crippen LogP contribution in [-0.2, 0) is 13.0 Å². The largest absolute Gasteiger partial charge is 0.354 e. The maximum absolute atomic E-state index is 13.9. The zero-order valence-electron chi connectivity index (χ0n) is 14.6. The van der Waals surface area contributed by atoms with Crippen LogP contribution in [0, 0.1) is 17.1 Å². The Hall–Kier alpha value is -2.87. The molecule has 0 aliphatic rings. The highest BCUT2D eigenvalue weighted by Gasteiger charge is 2.08. The van der Waals surface area contributed by atoms with Crippen molar-refractivity contribution in [3.63, 3.8) is 0 Å². The predicted octanol–water partition coefficient (Wildman–Crippen LogP) is 3.38. The highest BCUT2D eigenvalue weighted by atomic mass is 19.1. The number of nitrogens with one attached hydrogen (secondary N) is 2. The lowest BCUT2D eigenvalue weighted by atomic mass is 10.1. The fourth-order valence-electron chi connectivity index (χ4n) is 2.47. The number of benzene rings is 2. The lowest BCUT2D eigenvalue weighted by Crippen LogP contribution is -2.42. The molecule has 1 unspecified atom stereocenters. The van der Waals surface area contributed by atoms with Gasteiger partial charge in [0.1, 0.15) is 5.82 Å². The SMILES string of the molecule is CN=C(NCc1ccc(C#N)cc1F)NC(C)CCc1ccccc1. The van der Waals surface area contributed by atoms with Crippen molar-refractivity contribution in [2.45, 2.75) is 32.4 Å². The Morgan fingerprint density at radius 3 is 2.64 bits per heavy atom. The quantitative estimate of drug-likeness (QED) is 0.627. The normalized spacial score (nSPS) is 12.3. The number of aliphatic imine (C=N–C) groups is 1. The molecule has 0 bridgehead atoms. The van der Waals surface area contributed by atoms with Crippen molar-refractivity contribution in [2.75, 3.05) is 7.05 Å². The first-order valence-electron chi connectivity index (χ1n) is 8.32. The van der Waals surface area contributed by atoms with Crippen LogP contribution in [0.25, 0.3) is 0 Å². The number of nitriles is 1. The molecule has 0 amide bonds. The lowest BCUT2D eigenvalue weighted by molar-refractivity contribution is 0.584. The summed E-state index contributed by atoms with van der Waals surface area (Å²) in [5.41, 5.74) is 2.12. The first-order valence-corrected chi connectivity index (χ1v) is 8.32. The van der Waals surface area contributed by atoms with E-state index in [9.17, 15) is 4.39 Å². The first kappa shape index (κ1) is 18.5. The summed E-state index contributed by atoms with van der Waals surface area (Å²) in [7, 11) is 1.69. The number of hydrogen-bond acceptors (Lipinski definition) is 2. The summed E-state index contributed by atoms with van der Waals surface area (Å²) in [4.78, 5) is 4.18. The Balaban J connectivity index is 1.83. The van der Waals surface area contributed by atoms with E-state index >= 15 is 0 Å². The summed E-state index contributed by atoms with van der Waals surface area (Å²) in [6.07, 6.45) is 1.95. The van der Waals surface area contributed by atoms with Gasteiger partial charge in [-0.25, -0.2) is 4.39 Å². The average Bonchev–Trinajstić information content (AvgIpc) is 2.65. The Labute approximate surface area is 148 Å². The van der Waals surface area contributed by atoms with Gasteiger partial charge in [-0.2, -0.15) is 5.26 Å². The Bertz CT molecular complexity index is 750. The molecule has 5 heteroatoms. The van der Waals surface area contributed by atoms with Crippen molar-refractivity contribution in [1.29, 1.82) is 5.26 Å². The second-order valence-corrected chi connectivity index (χ2v) is 5.91. The standard InChI is InChI=1S/C20H23FN4/c1-15(8-9-16-6-4-3-5-7-16)25-20(23-2)24-14-18-11-10-17(13-22)12-19(18)21/h3-7,10-12,15H,8-9,14H2,1-2H3,(H2,23,24,25). The van der Waals surface area contributed by atoms with Gasteiger partial charge in [-0.05, 0) is 37.5 Å². The average molecular weight is 338 g/mol. The number of guanidine groups is 1. The van der Waals surface area contributed by atoms with Crippen LogP contribution in [0.5, 0.6) is 0 Å². The Morgan fingerprint density at radius 2 is 2.00 bits per heavy atom. The molecular formula is C20H23FN4. The van der Waals surface area contributed by atoms with Crippen molar-refractivity contribution in [1.82, 2.24) is 10.6 Å². The van der Waals surface area contributed by atoms with E-state index in [2.05, 4.69) is 34.7 Å². The molecule has 2 N–H and O–H groups in total. The van der Waals surface area contributed by atoms with E-state index in [4.69, 9.17) is 5.26 Å². The minimum Gasteiger partial charge on any atom is -0.354 e. The van der Waals surface area contributed by atoms with Gasteiger partial charge >= 0.3 is 0 Å². The molecule has 0 saturated heterocycles. The fraction of sp³-hybridized carbons (Fsp3) is 0.300. The zero-order chi connectivity index (χ0) is 18.1. The van der Waals surface area contributed by atoms with Crippen molar-refractivity contribution >= 4 is 5.96 Å². The topological polar surface area (TPSA) is 60.2 Å². The van der Waals surface area contributed by atoms with Crippen LogP contribution >= 0.6 is 0 Å². The molecule has 0 aliphatic carbocycles. The number of nitrogens with zero attached hydrogens (tertiary/aromatic N) is 2. The van der Waals surface area contributed by atoms with E-state index in [1.165, 1.54) is 11.6 Å². The van der Waals surface area contributed by atoms with E-state index in [0.717, 1.165) is 12.8 Å². The van der Waals surface area contributed by atoms with Crippen LogP contribution in [-0.4, -0.2) is 19.0 Å². The third-order valence-electron chi connectivity index (χ3n) is 3.94. The predicted molar refractivity (Wildman–Crippen MR) is 98.7 cm³/mol. The van der Waals surface area contributed by atoms with Crippen LogP contribution < -0.4 is 10.6 Å². The number of aryl methyl sites for hydroxylation is 1. The molecule has 2 rings (SSSR count). The Kier molecular flexibility index (Phi) is 6.97. The van der Waals surface area contributed by atoms with Gasteiger partial charge in [0.05, 0.1) is 11.6 Å². The Morgan fingerprint density at radius 1 is 1.24 bits per heavy atom. The van der Waals surface area contributed by atoms with E-state index in [-0.39, 0.29) is 11.9 Å². The molecule has 2 aromatic rings. The molecule has 0 heterocycles. The van der Waals surface area contributed by atoms with Gasteiger partial charge in [0.25, 0.3) is 0 Å². The molecular weight excluding hydrogens is 315 g/mol. The molecule has 1 atom stereocenters. The minimum atomic E-state index is -0.390. The summed E-state index contributed by atoms with van der Waals surface area (Å²) < 4.78 is 13.9. The molecule has 2 aromatic carbocycles. The van der Waals surface area contributed by atoms with Crippen LogP contribution in [0.15, 0.2) is 53.5 Å². The number of halogens is 1. The van der Waals surface area contributed by atoms with Crippen molar-refractivity contribution in [3.05, 3.63) is 71.0 Å². The highest BCUT2D eigenvalue weighted by molar-refractivity contribution is 5.79. The summed E-state index contributed by atoms with van der Waals surface area (Å²) in [5, 5.41) is 15.2. The van der Waals surface area contributed by atoms with Crippen molar-refractivity contribution in [2.24, 2.45) is 4.99 Å². The molecule has 0 aromatic heterocycles. The van der Waals surface area contributed by atoms with Crippen molar-refractivity contribution in [3.8, 4) is 6.07 Å². The molecule has 0 radical (unpaired) electrons. The number of rotatable bonds is 6. The van der Waals surface area contributed by atoms with E-state index in [0.29, 0.717) is 23.6 Å². The summed E-state index contributed by atoms with van der Waals surface area (Å²) in [6.45, 7) is 2.40. The van der Waals surface area contributed by atoms with Gasteiger partial charge in [-0.15, -0.1) is 0 Å². The van der Waals surface area contributed by atoms with Gasteiger partial charge in [-0.3, -0.25) is 4.99 Å². The summed E-state index contributed by atoms with van der Waals surface area (Å²) in [5.74, 6) is 0.239. The molecule has 0 aliphatic heterocycles. The van der Waals surface area contributed by atoms with Crippen LogP contribution in [0.1, 0.15) is 30.0 Å². The molecule has 4 nitrogen and oxygen atoms in total. The van der Waals surface area contributed by atoms with E-state index in [1.54, 1.807) is 19.2 Å².